The number of hydrogen-bond donors (Lipinski definition) is 2. The summed E-state index contributed by atoms with van der Waals surface area (Å²) in [6, 6.07) is -0.234. The normalized spacial score (nSPS) is 32.7. The Labute approximate surface area is 166 Å². The van der Waals surface area contributed by atoms with E-state index in [1.165, 1.54) is 4.90 Å². The first-order valence-corrected chi connectivity index (χ1v) is 11.1. The second-order valence-corrected chi connectivity index (χ2v) is 8.78. The SMILES string of the molecule is CCCCC1NC(SCCN2CCOCC2)C2C(=O)N(C)C(=O)N(C)C2N1. The number of amides is 3. The van der Waals surface area contributed by atoms with E-state index in [0.717, 1.165) is 57.9 Å². The van der Waals surface area contributed by atoms with E-state index >= 15 is 0 Å². The van der Waals surface area contributed by atoms with Crippen LogP contribution in [0.5, 0.6) is 0 Å². The largest absolute Gasteiger partial charge is 0.379 e. The van der Waals surface area contributed by atoms with Gasteiger partial charge in [-0.25, -0.2) is 4.79 Å². The van der Waals surface area contributed by atoms with Gasteiger partial charge in [0.05, 0.1) is 36.8 Å². The molecule has 3 amide bonds. The summed E-state index contributed by atoms with van der Waals surface area (Å²) in [5.41, 5.74) is 0. The Morgan fingerprint density at radius 3 is 2.63 bits per heavy atom. The summed E-state index contributed by atoms with van der Waals surface area (Å²) < 4.78 is 5.41. The summed E-state index contributed by atoms with van der Waals surface area (Å²) in [6.45, 7) is 6.73. The number of fused-ring (bicyclic) bond motifs is 1. The first kappa shape index (κ1) is 20.9. The maximum absolute atomic E-state index is 12.9. The van der Waals surface area contributed by atoms with Crippen molar-refractivity contribution in [2.24, 2.45) is 5.92 Å². The van der Waals surface area contributed by atoms with Crippen LogP contribution in [-0.2, 0) is 9.53 Å². The van der Waals surface area contributed by atoms with Crippen molar-refractivity contribution in [2.75, 3.05) is 52.7 Å². The lowest BCUT2D eigenvalue weighted by Crippen LogP contribution is -2.74. The zero-order valence-electron chi connectivity index (χ0n) is 16.6. The number of ether oxygens (including phenoxy) is 1. The molecule has 2 N–H and O–H groups in total. The lowest BCUT2D eigenvalue weighted by atomic mass is 9.96. The van der Waals surface area contributed by atoms with Crippen molar-refractivity contribution < 1.29 is 14.3 Å². The van der Waals surface area contributed by atoms with Crippen molar-refractivity contribution >= 4 is 23.7 Å². The third-order valence-electron chi connectivity index (χ3n) is 5.68. The second kappa shape index (κ2) is 9.56. The number of morpholine rings is 1. The van der Waals surface area contributed by atoms with Gasteiger partial charge in [-0.3, -0.25) is 25.2 Å². The van der Waals surface area contributed by atoms with Gasteiger partial charge in [0.25, 0.3) is 0 Å². The number of urea groups is 1. The van der Waals surface area contributed by atoms with Gasteiger partial charge in [-0.1, -0.05) is 19.8 Å². The molecule has 0 aliphatic carbocycles. The van der Waals surface area contributed by atoms with E-state index in [0.29, 0.717) is 0 Å². The quantitative estimate of drug-likeness (QED) is 0.647. The van der Waals surface area contributed by atoms with Crippen molar-refractivity contribution in [1.82, 2.24) is 25.3 Å². The molecule has 4 unspecified atom stereocenters. The Morgan fingerprint density at radius 2 is 1.93 bits per heavy atom. The molecule has 27 heavy (non-hydrogen) atoms. The number of rotatable bonds is 7. The number of nitrogens with zero attached hydrogens (tertiary/aromatic N) is 3. The zero-order valence-corrected chi connectivity index (χ0v) is 17.5. The van der Waals surface area contributed by atoms with Gasteiger partial charge in [-0.05, 0) is 6.42 Å². The topological polar surface area (TPSA) is 77.2 Å². The number of unbranched alkanes of at least 4 members (excludes halogenated alkanes) is 1. The van der Waals surface area contributed by atoms with Crippen LogP contribution in [0.15, 0.2) is 0 Å². The standard InChI is InChI=1S/C18H33N5O3S/c1-4-5-6-13-19-15-14(17(24)22(3)18(25)21(15)2)16(20-13)27-12-9-23-7-10-26-11-8-23/h13-16,19-20H,4-12H2,1-3H3. The highest BCUT2D eigenvalue weighted by atomic mass is 32.2. The average molecular weight is 400 g/mol. The molecule has 3 saturated heterocycles. The maximum Gasteiger partial charge on any atom is 0.327 e. The van der Waals surface area contributed by atoms with Gasteiger partial charge in [0.2, 0.25) is 5.91 Å². The van der Waals surface area contributed by atoms with Crippen LogP contribution >= 0.6 is 11.8 Å². The molecule has 0 bridgehead atoms. The summed E-state index contributed by atoms with van der Waals surface area (Å²) in [5, 5.41) is 7.14. The molecule has 0 aromatic carbocycles. The minimum atomic E-state index is -0.273. The summed E-state index contributed by atoms with van der Waals surface area (Å²) >= 11 is 1.80. The summed E-state index contributed by atoms with van der Waals surface area (Å²) in [6.07, 6.45) is 3.10. The summed E-state index contributed by atoms with van der Waals surface area (Å²) in [5.74, 6) is 0.585. The molecular weight excluding hydrogens is 366 g/mol. The van der Waals surface area contributed by atoms with Crippen molar-refractivity contribution in [3.63, 3.8) is 0 Å². The molecule has 4 atom stereocenters. The van der Waals surface area contributed by atoms with Crippen LogP contribution in [0.25, 0.3) is 0 Å². The molecule has 3 heterocycles. The van der Waals surface area contributed by atoms with Gasteiger partial charge in [0, 0.05) is 39.5 Å². The van der Waals surface area contributed by atoms with E-state index in [2.05, 4.69) is 22.5 Å². The molecule has 0 aromatic heterocycles. The third-order valence-corrected chi connectivity index (χ3v) is 6.89. The molecule has 154 valence electrons. The lowest BCUT2D eigenvalue weighted by molar-refractivity contribution is -0.140. The zero-order chi connectivity index (χ0) is 19.4. The molecule has 0 radical (unpaired) electrons. The number of hydrogen-bond acceptors (Lipinski definition) is 7. The number of nitrogens with one attached hydrogen (secondary N) is 2. The van der Waals surface area contributed by atoms with Crippen LogP contribution < -0.4 is 10.6 Å². The molecule has 0 aromatic rings. The monoisotopic (exact) mass is 399 g/mol. The van der Waals surface area contributed by atoms with Gasteiger partial charge in [-0.2, -0.15) is 0 Å². The molecule has 8 nitrogen and oxygen atoms in total. The van der Waals surface area contributed by atoms with E-state index in [1.807, 2.05) is 0 Å². The molecule has 3 fully saturated rings. The molecule has 9 heteroatoms. The number of imide groups is 1. The van der Waals surface area contributed by atoms with Crippen LogP contribution in [0, 0.1) is 5.92 Å². The predicted octanol–water partition coefficient (Wildman–Crippen LogP) is 0.553. The fraction of sp³-hybridized carbons (Fsp3) is 0.889. The molecular formula is C18H33N5O3S. The molecule has 3 rings (SSSR count). The fourth-order valence-electron chi connectivity index (χ4n) is 3.98. The van der Waals surface area contributed by atoms with Gasteiger partial charge in [-0.15, -0.1) is 11.8 Å². The Balaban J connectivity index is 1.66. The lowest BCUT2D eigenvalue weighted by Gasteiger charge is -2.50. The maximum atomic E-state index is 12.9. The average Bonchev–Trinajstić information content (AvgIpc) is 2.69. The first-order chi connectivity index (χ1) is 13.0. The molecule has 3 aliphatic heterocycles. The summed E-state index contributed by atoms with van der Waals surface area (Å²) in [4.78, 5) is 30.6. The first-order valence-electron chi connectivity index (χ1n) is 10.0. The fourth-order valence-corrected chi connectivity index (χ4v) is 5.33. The van der Waals surface area contributed by atoms with Gasteiger partial charge < -0.3 is 9.64 Å². The Hall–Kier alpha value is -0.870. The second-order valence-electron chi connectivity index (χ2n) is 7.53. The van der Waals surface area contributed by atoms with Crippen LogP contribution in [0.4, 0.5) is 4.79 Å². The molecule has 0 spiro atoms. The van der Waals surface area contributed by atoms with Crippen molar-refractivity contribution in [1.29, 1.82) is 0 Å². The van der Waals surface area contributed by atoms with Crippen molar-refractivity contribution in [3.8, 4) is 0 Å². The highest BCUT2D eigenvalue weighted by molar-refractivity contribution is 7.99. The van der Waals surface area contributed by atoms with Crippen molar-refractivity contribution in [2.45, 2.75) is 43.9 Å². The van der Waals surface area contributed by atoms with E-state index in [1.54, 1.807) is 30.8 Å². The van der Waals surface area contributed by atoms with E-state index in [9.17, 15) is 9.59 Å². The van der Waals surface area contributed by atoms with Crippen LogP contribution in [0.2, 0.25) is 0 Å². The Kier molecular flexibility index (Phi) is 7.38. The van der Waals surface area contributed by atoms with Crippen LogP contribution in [-0.4, -0.2) is 97.0 Å². The van der Waals surface area contributed by atoms with E-state index in [-0.39, 0.29) is 35.6 Å². The van der Waals surface area contributed by atoms with Gasteiger partial charge in [0.15, 0.2) is 0 Å². The van der Waals surface area contributed by atoms with Gasteiger partial charge in [0.1, 0.15) is 0 Å². The predicted molar refractivity (Wildman–Crippen MR) is 106 cm³/mol. The Bertz CT molecular complexity index is 531. The van der Waals surface area contributed by atoms with Crippen LogP contribution in [0.1, 0.15) is 26.2 Å². The number of thioether (sulfide) groups is 1. The van der Waals surface area contributed by atoms with Crippen molar-refractivity contribution in [3.05, 3.63) is 0 Å². The highest BCUT2D eigenvalue weighted by Crippen LogP contribution is 2.32. The van der Waals surface area contributed by atoms with E-state index in [4.69, 9.17) is 4.74 Å². The Morgan fingerprint density at radius 1 is 1.19 bits per heavy atom. The van der Waals surface area contributed by atoms with E-state index < -0.39 is 0 Å². The summed E-state index contributed by atoms with van der Waals surface area (Å²) in [7, 11) is 3.36. The van der Waals surface area contributed by atoms with Crippen LogP contribution in [0.3, 0.4) is 0 Å². The minimum Gasteiger partial charge on any atom is -0.379 e. The minimum absolute atomic E-state index is 0.00430. The number of carbonyl (C=O) groups is 2. The third kappa shape index (κ3) is 4.76. The van der Waals surface area contributed by atoms with Gasteiger partial charge >= 0.3 is 6.03 Å². The highest BCUT2D eigenvalue weighted by Gasteiger charge is 2.50. The number of carbonyl (C=O) groups excluding carboxylic acids is 2. The molecule has 0 saturated carbocycles. The molecule has 3 aliphatic rings. The smallest absolute Gasteiger partial charge is 0.327 e.